The molecular weight excluding hydrogens is 214 g/mol. The number of hydrogen-bond donors (Lipinski definition) is 1. The highest BCUT2D eigenvalue weighted by Crippen LogP contribution is 2.20. The molecule has 0 aliphatic carbocycles. The van der Waals surface area contributed by atoms with Gasteiger partial charge in [-0.1, -0.05) is 13.3 Å². The van der Waals surface area contributed by atoms with E-state index in [2.05, 4.69) is 36.1 Å². The van der Waals surface area contributed by atoms with Crippen molar-refractivity contribution >= 4 is 5.82 Å². The van der Waals surface area contributed by atoms with Crippen molar-refractivity contribution in [1.82, 2.24) is 9.97 Å². The minimum Gasteiger partial charge on any atom is -0.478 e. The molecule has 0 spiro atoms. The van der Waals surface area contributed by atoms with E-state index >= 15 is 0 Å². The molecule has 1 heterocycles. The van der Waals surface area contributed by atoms with Gasteiger partial charge in [-0.25, -0.2) is 4.98 Å². The first-order valence-electron chi connectivity index (χ1n) is 6.23. The third kappa shape index (κ3) is 4.59. The second-order valence-corrected chi connectivity index (χ2v) is 4.83. The van der Waals surface area contributed by atoms with Crippen molar-refractivity contribution in [2.45, 2.75) is 53.0 Å². The number of hydrogen-bond acceptors (Lipinski definition) is 4. The molecule has 0 atom stereocenters. The van der Waals surface area contributed by atoms with E-state index in [1.54, 1.807) is 0 Å². The van der Waals surface area contributed by atoms with Crippen LogP contribution in [0.1, 0.15) is 46.4 Å². The van der Waals surface area contributed by atoms with E-state index in [9.17, 15) is 0 Å². The molecule has 0 bridgehead atoms. The van der Waals surface area contributed by atoms with Crippen molar-refractivity contribution in [3.8, 4) is 5.88 Å². The van der Waals surface area contributed by atoms with Gasteiger partial charge in [-0.2, -0.15) is 4.98 Å². The van der Waals surface area contributed by atoms with Gasteiger partial charge in [0, 0.05) is 11.6 Å². The molecule has 0 aliphatic rings. The summed E-state index contributed by atoms with van der Waals surface area (Å²) in [6.45, 7) is 11.0. The number of ether oxygens (including phenoxy) is 1. The summed E-state index contributed by atoms with van der Waals surface area (Å²) in [5, 5.41) is 3.43. The van der Waals surface area contributed by atoms with Crippen molar-refractivity contribution < 1.29 is 4.74 Å². The van der Waals surface area contributed by atoms with Crippen LogP contribution in [0.5, 0.6) is 5.88 Å². The van der Waals surface area contributed by atoms with Gasteiger partial charge in [0.1, 0.15) is 11.6 Å². The Morgan fingerprint density at radius 2 is 2.00 bits per heavy atom. The van der Waals surface area contributed by atoms with Crippen molar-refractivity contribution in [3.63, 3.8) is 0 Å². The van der Waals surface area contributed by atoms with Crippen LogP contribution < -0.4 is 10.1 Å². The minimum absolute atomic E-state index is 0.0407. The van der Waals surface area contributed by atoms with E-state index in [4.69, 9.17) is 4.74 Å². The van der Waals surface area contributed by atoms with Crippen molar-refractivity contribution in [2.24, 2.45) is 0 Å². The van der Waals surface area contributed by atoms with Crippen LogP contribution in [0.2, 0.25) is 0 Å². The predicted molar refractivity (Wildman–Crippen MR) is 70.5 cm³/mol. The standard InChI is InChI=1S/C13H23N3O/c1-6-8-13(4,5)16-11-9-12(17-7-2)15-10(3)14-11/h9H,6-8H2,1-5H3,(H,14,15,16). The first-order chi connectivity index (χ1) is 7.96. The third-order valence-electron chi connectivity index (χ3n) is 2.45. The van der Waals surface area contributed by atoms with Crippen LogP contribution in [-0.4, -0.2) is 22.1 Å². The van der Waals surface area contributed by atoms with E-state index < -0.39 is 0 Å². The van der Waals surface area contributed by atoms with Gasteiger partial charge in [0.2, 0.25) is 5.88 Å². The molecule has 0 fully saturated rings. The summed E-state index contributed by atoms with van der Waals surface area (Å²) in [6.07, 6.45) is 2.24. The largest absolute Gasteiger partial charge is 0.478 e. The molecule has 17 heavy (non-hydrogen) atoms. The Bertz CT molecular complexity index is 364. The zero-order valence-corrected chi connectivity index (χ0v) is 11.5. The Morgan fingerprint density at radius 3 is 2.59 bits per heavy atom. The average molecular weight is 237 g/mol. The molecule has 0 unspecified atom stereocenters. The van der Waals surface area contributed by atoms with Gasteiger partial charge in [-0.05, 0) is 34.1 Å². The molecule has 0 radical (unpaired) electrons. The van der Waals surface area contributed by atoms with Crippen LogP contribution in [0, 0.1) is 6.92 Å². The minimum atomic E-state index is 0.0407. The second-order valence-electron chi connectivity index (χ2n) is 4.83. The summed E-state index contributed by atoms with van der Waals surface area (Å²) in [5.74, 6) is 2.19. The van der Waals surface area contributed by atoms with Crippen LogP contribution in [0.3, 0.4) is 0 Å². The smallest absolute Gasteiger partial charge is 0.218 e. The topological polar surface area (TPSA) is 47.0 Å². The Hall–Kier alpha value is -1.32. The molecule has 1 aromatic heterocycles. The average Bonchev–Trinajstić information content (AvgIpc) is 2.15. The SMILES string of the molecule is CCCC(C)(C)Nc1cc(OCC)nc(C)n1. The zero-order chi connectivity index (χ0) is 12.9. The van der Waals surface area contributed by atoms with Gasteiger partial charge in [0.05, 0.1) is 6.61 Å². The highest BCUT2D eigenvalue weighted by atomic mass is 16.5. The number of anilines is 1. The first kappa shape index (κ1) is 13.7. The molecule has 4 heteroatoms. The van der Waals surface area contributed by atoms with Crippen LogP contribution in [0.25, 0.3) is 0 Å². The van der Waals surface area contributed by atoms with Crippen molar-refractivity contribution in [3.05, 3.63) is 11.9 Å². The summed E-state index contributed by atoms with van der Waals surface area (Å²) in [6, 6.07) is 1.86. The van der Waals surface area contributed by atoms with Crippen LogP contribution in [-0.2, 0) is 0 Å². The lowest BCUT2D eigenvalue weighted by atomic mass is 9.99. The molecule has 1 aromatic rings. The monoisotopic (exact) mass is 237 g/mol. The molecule has 1 rings (SSSR count). The summed E-state index contributed by atoms with van der Waals surface area (Å²) < 4.78 is 5.41. The molecule has 0 amide bonds. The quantitative estimate of drug-likeness (QED) is 0.825. The number of rotatable bonds is 6. The van der Waals surface area contributed by atoms with Crippen LogP contribution >= 0.6 is 0 Å². The summed E-state index contributed by atoms with van der Waals surface area (Å²) in [7, 11) is 0. The second kappa shape index (κ2) is 5.84. The molecule has 0 aromatic carbocycles. The molecule has 96 valence electrons. The number of nitrogens with zero attached hydrogens (tertiary/aromatic N) is 2. The Morgan fingerprint density at radius 1 is 1.29 bits per heavy atom. The molecule has 0 saturated carbocycles. The highest BCUT2D eigenvalue weighted by Gasteiger charge is 2.17. The van der Waals surface area contributed by atoms with E-state index in [0.717, 1.165) is 24.5 Å². The van der Waals surface area contributed by atoms with Gasteiger partial charge in [-0.15, -0.1) is 0 Å². The van der Waals surface area contributed by atoms with Crippen molar-refractivity contribution in [2.75, 3.05) is 11.9 Å². The summed E-state index contributed by atoms with van der Waals surface area (Å²) >= 11 is 0. The molecular formula is C13H23N3O. The first-order valence-corrected chi connectivity index (χ1v) is 6.23. The van der Waals surface area contributed by atoms with Gasteiger partial charge in [-0.3, -0.25) is 0 Å². The van der Waals surface area contributed by atoms with Gasteiger partial charge in [0.15, 0.2) is 0 Å². The van der Waals surface area contributed by atoms with Gasteiger partial charge < -0.3 is 10.1 Å². The zero-order valence-electron chi connectivity index (χ0n) is 11.5. The van der Waals surface area contributed by atoms with E-state index in [-0.39, 0.29) is 5.54 Å². The Balaban J connectivity index is 2.83. The van der Waals surface area contributed by atoms with Crippen LogP contribution in [0.15, 0.2) is 6.07 Å². The fourth-order valence-corrected chi connectivity index (χ4v) is 1.86. The maximum absolute atomic E-state index is 5.41. The number of aromatic nitrogens is 2. The van der Waals surface area contributed by atoms with Crippen LogP contribution in [0.4, 0.5) is 5.82 Å². The van der Waals surface area contributed by atoms with E-state index in [0.29, 0.717) is 12.5 Å². The van der Waals surface area contributed by atoms with Crippen molar-refractivity contribution in [1.29, 1.82) is 0 Å². The maximum atomic E-state index is 5.41. The number of aryl methyl sites for hydroxylation is 1. The summed E-state index contributed by atoms with van der Waals surface area (Å²) in [5.41, 5.74) is 0.0407. The molecule has 1 N–H and O–H groups in total. The lowest BCUT2D eigenvalue weighted by Crippen LogP contribution is -2.31. The summed E-state index contributed by atoms with van der Waals surface area (Å²) in [4.78, 5) is 8.61. The normalized spacial score (nSPS) is 11.4. The molecule has 0 aliphatic heterocycles. The maximum Gasteiger partial charge on any atom is 0.218 e. The van der Waals surface area contributed by atoms with E-state index in [1.807, 2.05) is 19.9 Å². The van der Waals surface area contributed by atoms with E-state index in [1.165, 1.54) is 0 Å². The van der Waals surface area contributed by atoms with Gasteiger partial charge >= 0.3 is 0 Å². The lowest BCUT2D eigenvalue weighted by molar-refractivity contribution is 0.325. The van der Waals surface area contributed by atoms with Gasteiger partial charge in [0.25, 0.3) is 0 Å². The number of nitrogens with one attached hydrogen (secondary N) is 1. The predicted octanol–water partition coefficient (Wildman–Crippen LogP) is 3.17. The Kier molecular flexibility index (Phi) is 4.73. The highest BCUT2D eigenvalue weighted by molar-refractivity contribution is 5.40. The Labute approximate surface area is 104 Å². The molecule has 0 saturated heterocycles. The fourth-order valence-electron chi connectivity index (χ4n) is 1.86. The lowest BCUT2D eigenvalue weighted by Gasteiger charge is -2.26. The third-order valence-corrected chi connectivity index (χ3v) is 2.45. The fraction of sp³-hybridized carbons (Fsp3) is 0.692. The molecule has 4 nitrogen and oxygen atoms in total.